The van der Waals surface area contributed by atoms with Gasteiger partial charge in [0.1, 0.15) is 18.8 Å². The first-order valence-electron chi connectivity index (χ1n) is 8.60. The number of halogens is 3. The van der Waals surface area contributed by atoms with E-state index in [-0.39, 0.29) is 17.5 Å². The zero-order valence-electron chi connectivity index (χ0n) is 14.5. The molecule has 0 radical (unpaired) electrons. The van der Waals surface area contributed by atoms with Crippen molar-refractivity contribution < 1.29 is 22.8 Å². The number of nitrogens with zero attached hydrogens (tertiary/aromatic N) is 3. The summed E-state index contributed by atoms with van der Waals surface area (Å²) in [5, 5.41) is 8.34. The van der Waals surface area contributed by atoms with Crippen molar-refractivity contribution in [2.45, 2.75) is 31.5 Å². The predicted octanol–water partition coefficient (Wildman–Crippen LogP) is 1.91. The van der Waals surface area contributed by atoms with Crippen molar-refractivity contribution in [1.29, 1.82) is 0 Å². The van der Waals surface area contributed by atoms with Crippen LogP contribution in [0.2, 0.25) is 0 Å². The van der Waals surface area contributed by atoms with Gasteiger partial charge >= 0.3 is 6.18 Å². The lowest BCUT2D eigenvalue weighted by Gasteiger charge is -2.31. The van der Waals surface area contributed by atoms with Crippen molar-refractivity contribution in [3.63, 3.8) is 0 Å². The Kier molecular flexibility index (Phi) is 5.52. The highest BCUT2D eigenvalue weighted by Crippen LogP contribution is 2.27. The van der Waals surface area contributed by atoms with Crippen LogP contribution < -0.4 is 5.32 Å². The number of carbonyl (C=O) groups is 2. The Morgan fingerprint density at radius 2 is 1.89 bits per heavy atom. The van der Waals surface area contributed by atoms with Gasteiger partial charge in [0.2, 0.25) is 5.91 Å². The van der Waals surface area contributed by atoms with Gasteiger partial charge < -0.3 is 14.8 Å². The maximum Gasteiger partial charge on any atom is 0.405 e. The predicted molar refractivity (Wildman–Crippen MR) is 90.0 cm³/mol. The number of H-pyrrole nitrogens is 1. The molecule has 2 aromatic heterocycles. The number of piperidine rings is 1. The minimum absolute atomic E-state index is 0.0430. The standard InChI is InChI=1S/C17H20F3N5O2/c18-17(19,20)11-21-16(27)14-9-13(22-23-14)12-3-7-25(8-4-12)15(26)10-24-5-1-2-6-24/h1-2,5-6,9,12H,3-4,7-8,10-11H2,(H,21,27)(H,22,23). The molecule has 2 aromatic rings. The van der Waals surface area contributed by atoms with Crippen molar-refractivity contribution in [2.75, 3.05) is 19.6 Å². The first-order chi connectivity index (χ1) is 12.8. The second-order valence-corrected chi connectivity index (χ2v) is 6.52. The second kappa shape index (κ2) is 7.85. The summed E-state index contributed by atoms with van der Waals surface area (Å²) in [6.07, 6.45) is 0.600. The number of carbonyl (C=O) groups excluding carboxylic acids is 2. The molecule has 2 amide bonds. The number of aromatic nitrogens is 3. The third-order valence-corrected chi connectivity index (χ3v) is 4.55. The average molecular weight is 383 g/mol. The number of aromatic amines is 1. The van der Waals surface area contributed by atoms with Crippen molar-refractivity contribution in [3.05, 3.63) is 42.0 Å². The van der Waals surface area contributed by atoms with Crippen molar-refractivity contribution >= 4 is 11.8 Å². The number of nitrogens with one attached hydrogen (secondary N) is 2. The van der Waals surface area contributed by atoms with E-state index in [4.69, 9.17) is 0 Å². The van der Waals surface area contributed by atoms with E-state index < -0.39 is 18.6 Å². The molecule has 0 aromatic carbocycles. The van der Waals surface area contributed by atoms with Crippen LogP contribution in [0.3, 0.4) is 0 Å². The summed E-state index contributed by atoms with van der Waals surface area (Å²) in [7, 11) is 0. The van der Waals surface area contributed by atoms with E-state index in [0.29, 0.717) is 38.2 Å². The zero-order valence-corrected chi connectivity index (χ0v) is 14.5. The summed E-state index contributed by atoms with van der Waals surface area (Å²) < 4.78 is 38.3. The van der Waals surface area contributed by atoms with Gasteiger partial charge in [-0.05, 0) is 31.0 Å². The quantitative estimate of drug-likeness (QED) is 0.827. The van der Waals surface area contributed by atoms with E-state index >= 15 is 0 Å². The lowest BCUT2D eigenvalue weighted by Crippen LogP contribution is -2.39. The topological polar surface area (TPSA) is 83.0 Å². The van der Waals surface area contributed by atoms with Gasteiger partial charge in [-0.15, -0.1) is 0 Å². The summed E-state index contributed by atoms with van der Waals surface area (Å²) >= 11 is 0. The molecule has 7 nitrogen and oxygen atoms in total. The largest absolute Gasteiger partial charge is 0.405 e. The smallest absolute Gasteiger partial charge is 0.345 e. The van der Waals surface area contributed by atoms with E-state index in [1.165, 1.54) is 6.07 Å². The molecular weight excluding hydrogens is 363 g/mol. The van der Waals surface area contributed by atoms with Crippen LogP contribution in [0.5, 0.6) is 0 Å². The molecule has 1 aliphatic rings. The Morgan fingerprint density at radius 1 is 1.22 bits per heavy atom. The Balaban J connectivity index is 1.50. The highest BCUT2D eigenvalue weighted by molar-refractivity contribution is 5.92. The Labute approximate surface area is 153 Å². The highest BCUT2D eigenvalue weighted by atomic mass is 19.4. The van der Waals surface area contributed by atoms with Gasteiger partial charge in [-0.1, -0.05) is 0 Å². The number of amides is 2. The highest BCUT2D eigenvalue weighted by Gasteiger charge is 2.29. The molecule has 1 saturated heterocycles. The van der Waals surface area contributed by atoms with E-state index in [1.54, 1.807) is 10.2 Å². The molecular formula is C17H20F3N5O2. The fraction of sp³-hybridized carbons (Fsp3) is 0.471. The molecule has 3 heterocycles. The minimum atomic E-state index is -4.46. The Hall–Kier alpha value is -2.78. The number of alkyl halides is 3. The minimum Gasteiger partial charge on any atom is -0.345 e. The first-order valence-corrected chi connectivity index (χ1v) is 8.60. The monoisotopic (exact) mass is 383 g/mol. The van der Waals surface area contributed by atoms with E-state index in [0.717, 1.165) is 0 Å². The summed E-state index contributed by atoms with van der Waals surface area (Å²) in [5.41, 5.74) is 0.630. The van der Waals surface area contributed by atoms with E-state index in [1.807, 2.05) is 29.1 Å². The van der Waals surface area contributed by atoms with Crippen molar-refractivity contribution in [1.82, 2.24) is 25.0 Å². The average Bonchev–Trinajstić information content (AvgIpc) is 3.31. The lowest BCUT2D eigenvalue weighted by molar-refractivity contribution is -0.132. The summed E-state index contributed by atoms with van der Waals surface area (Å²) in [6.45, 7) is 0.0694. The van der Waals surface area contributed by atoms with Crippen LogP contribution in [0.25, 0.3) is 0 Å². The molecule has 0 atom stereocenters. The second-order valence-electron chi connectivity index (χ2n) is 6.52. The number of hydrogen-bond donors (Lipinski definition) is 2. The van der Waals surface area contributed by atoms with Gasteiger partial charge in [-0.2, -0.15) is 18.3 Å². The molecule has 1 fully saturated rings. The van der Waals surface area contributed by atoms with Crippen molar-refractivity contribution in [3.8, 4) is 0 Å². The Morgan fingerprint density at radius 3 is 2.52 bits per heavy atom. The third kappa shape index (κ3) is 5.11. The maximum atomic E-state index is 12.3. The number of hydrogen-bond acceptors (Lipinski definition) is 3. The molecule has 0 bridgehead atoms. The van der Waals surface area contributed by atoms with Gasteiger partial charge in [-0.25, -0.2) is 0 Å². The molecule has 0 spiro atoms. The number of likely N-dealkylation sites (tertiary alicyclic amines) is 1. The zero-order chi connectivity index (χ0) is 19.4. The molecule has 2 N–H and O–H groups in total. The maximum absolute atomic E-state index is 12.3. The van der Waals surface area contributed by atoms with E-state index in [9.17, 15) is 22.8 Å². The lowest BCUT2D eigenvalue weighted by atomic mass is 9.93. The van der Waals surface area contributed by atoms with Crippen LogP contribution in [0.1, 0.15) is 34.9 Å². The normalized spacial score (nSPS) is 15.7. The van der Waals surface area contributed by atoms with Crippen molar-refractivity contribution in [2.24, 2.45) is 0 Å². The molecule has 146 valence electrons. The van der Waals surface area contributed by atoms with E-state index in [2.05, 4.69) is 10.2 Å². The van der Waals surface area contributed by atoms with Gasteiger partial charge in [0.15, 0.2) is 0 Å². The molecule has 3 rings (SSSR count). The summed E-state index contributed by atoms with van der Waals surface area (Å²) in [4.78, 5) is 25.8. The molecule has 0 aliphatic carbocycles. The molecule has 10 heteroatoms. The van der Waals surface area contributed by atoms with Gasteiger partial charge in [-0.3, -0.25) is 14.7 Å². The fourth-order valence-corrected chi connectivity index (χ4v) is 3.10. The van der Waals surface area contributed by atoms with Gasteiger partial charge in [0, 0.05) is 37.1 Å². The van der Waals surface area contributed by atoms with Gasteiger partial charge in [0.25, 0.3) is 5.91 Å². The fourth-order valence-electron chi connectivity index (χ4n) is 3.10. The van der Waals surface area contributed by atoms with Crippen LogP contribution in [0, 0.1) is 0 Å². The SMILES string of the molecule is O=C(NCC(F)(F)F)c1cc(C2CCN(C(=O)Cn3cccc3)CC2)[nH]n1. The van der Waals surface area contributed by atoms with Crippen LogP contribution >= 0.6 is 0 Å². The Bertz CT molecular complexity index is 777. The van der Waals surface area contributed by atoms with Gasteiger partial charge in [0.05, 0.1) is 0 Å². The first kappa shape index (κ1) is 19.0. The molecule has 0 saturated carbocycles. The third-order valence-electron chi connectivity index (χ3n) is 4.55. The van der Waals surface area contributed by atoms with Crippen LogP contribution in [-0.2, 0) is 11.3 Å². The molecule has 27 heavy (non-hydrogen) atoms. The summed E-state index contributed by atoms with van der Waals surface area (Å²) in [6, 6.07) is 5.20. The summed E-state index contributed by atoms with van der Waals surface area (Å²) in [5.74, 6) is -0.743. The number of rotatable bonds is 5. The molecule has 0 unspecified atom stereocenters. The van der Waals surface area contributed by atoms with Crippen LogP contribution in [-0.4, -0.2) is 57.3 Å². The van der Waals surface area contributed by atoms with Crippen LogP contribution in [0.15, 0.2) is 30.6 Å². The van der Waals surface area contributed by atoms with Crippen LogP contribution in [0.4, 0.5) is 13.2 Å². The molecule has 1 aliphatic heterocycles.